The standard InChI is InChI=1S/C12H11NO3S/c1-2-16-12(15)10-11(17-7-13-10)8-4-3-5-9(14)6-8/h3-7,14H,2H2,1H3. The van der Waals surface area contributed by atoms with Crippen LogP contribution >= 0.6 is 11.3 Å². The zero-order valence-corrected chi connectivity index (χ0v) is 10.0. The van der Waals surface area contributed by atoms with Gasteiger partial charge in [-0.25, -0.2) is 9.78 Å². The Labute approximate surface area is 103 Å². The van der Waals surface area contributed by atoms with Crippen molar-refractivity contribution in [3.05, 3.63) is 35.5 Å². The highest BCUT2D eigenvalue weighted by Crippen LogP contribution is 2.30. The van der Waals surface area contributed by atoms with Gasteiger partial charge in [-0.15, -0.1) is 11.3 Å². The maximum Gasteiger partial charge on any atom is 0.358 e. The second-order valence-electron chi connectivity index (χ2n) is 3.30. The summed E-state index contributed by atoms with van der Waals surface area (Å²) in [5.41, 5.74) is 2.64. The fourth-order valence-corrected chi connectivity index (χ4v) is 2.22. The molecule has 0 radical (unpaired) electrons. The Hall–Kier alpha value is -1.88. The second kappa shape index (κ2) is 4.97. The first kappa shape index (κ1) is 11.6. The van der Waals surface area contributed by atoms with E-state index in [2.05, 4.69) is 4.98 Å². The van der Waals surface area contributed by atoms with E-state index in [1.54, 1.807) is 30.6 Å². The SMILES string of the molecule is CCOC(=O)c1ncsc1-c1cccc(O)c1. The molecule has 0 aliphatic heterocycles. The second-order valence-corrected chi connectivity index (χ2v) is 4.16. The van der Waals surface area contributed by atoms with Gasteiger partial charge < -0.3 is 9.84 Å². The lowest BCUT2D eigenvalue weighted by Crippen LogP contribution is -2.06. The van der Waals surface area contributed by atoms with Crippen molar-refractivity contribution in [2.75, 3.05) is 6.61 Å². The van der Waals surface area contributed by atoms with Crippen molar-refractivity contribution in [1.82, 2.24) is 4.98 Å². The molecule has 0 amide bonds. The van der Waals surface area contributed by atoms with Crippen LogP contribution in [0.2, 0.25) is 0 Å². The molecule has 17 heavy (non-hydrogen) atoms. The number of esters is 1. The minimum atomic E-state index is -0.438. The van der Waals surface area contributed by atoms with Crippen molar-refractivity contribution in [2.45, 2.75) is 6.92 Å². The van der Waals surface area contributed by atoms with Gasteiger partial charge in [0, 0.05) is 0 Å². The first-order valence-electron chi connectivity index (χ1n) is 5.12. The number of thiazole rings is 1. The van der Waals surface area contributed by atoms with E-state index in [9.17, 15) is 9.90 Å². The lowest BCUT2D eigenvalue weighted by Gasteiger charge is -2.02. The van der Waals surface area contributed by atoms with E-state index >= 15 is 0 Å². The van der Waals surface area contributed by atoms with Crippen LogP contribution in [0.5, 0.6) is 5.75 Å². The van der Waals surface area contributed by atoms with Crippen molar-refractivity contribution in [3.8, 4) is 16.2 Å². The molecule has 0 unspecified atom stereocenters. The average molecular weight is 249 g/mol. The third-order valence-corrected chi connectivity index (χ3v) is 3.02. The number of aromatic hydroxyl groups is 1. The van der Waals surface area contributed by atoms with Crippen LogP contribution in [0.25, 0.3) is 10.4 Å². The lowest BCUT2D eigenvalue weighted by molar-refractivity contribution is 0.0521. The molecule has 88 valence electrons. The van der Waals surface area contributed by atoms with E-state index in [1.165, 1.54) is 11.3 Å². The summed E-state index contributed by atoms with van der Waals surface area (Å²) in [5.74, 6) is -0.280. The number of carbonyl (C=O) groups excluding carboxylic acids is 1. The van der Waals surface area contributed by atoms with Gasteiger partial charge in [0.1, 0.15) is 5.75 Å². The van der Waals surface area contributed by atoms with Gasteiger partial charge in [0.15, 0.2) is 5.69 Å². The first-order valence-corrected chi connectivity index (χ1v) is 6.00. The summed E-state index contributed by atoms with van der Waals surface area (Å²) in [6.07, 6.45) is 0. The molecule has 1 aromatic heterocycles. The van der Waals surface area contributed by atoms with Gasteiger partial charge in [-0.2, -0.15) is 0 Å². The number of hydrogen-bond acceptors (Lipinski definition) is 5. The number of benzene rings is 1. The number of aromatic nitrogens is 1. The Morgan fingerprint density at radius 2 is 2.35 bits per heavy atom. The topological polar surface area (TPSA) is 59.4 Å². The highest BCUT2D eigenvalue weighted by molar-refractivity contribution is 7.13. The summed E-state index contributed by atoms with van der Waals surface area (Å²) < 4.78 is 4.92. The molecule has 0 spiro atoms. The molecule has 0 bridgehead atoms. The van der Waals surface area contributed by atoms with Gasteiger partial charge in [-0.1, -0.05) is 12.1 Å². The number of carbonyl (C=O) groups is 1. The molecule has 1 aromatic carbocycles. The zero-order chi connectivity index (χ0) is 12.3. The summed E-state index contributed by atoms with van der Waals surface area (Å²) in [6, 6.07) is 6.71. The summed E-state index contributed by atoms with van der Waals surface area (Å²) >= 11 is 1.34. The van der Waals surface area contributed by atoms with Crippen LogP contribution in [-0.2, 0) is 4.74 Å². The Morgan fingerprint density at radius 1 is 1.53 bits per heavy atom. The predicted molar refractivity (Wildman–Crippen MR) is 65.2 cm³/mol. The summed E-state index contributed by atoms with van der Waals surface area (Å²) in [5, 5.41) is 9.41. The van der Waals surface area contributed by atoms with Crippen molar-refractivity contribution in [3.63, 3.8) is 0 Å². The fourth-order valence-electron chi connectivity index (χ4n) is 1.44. The number of nitrogens with zero attached hydrogens (tertiary/aromatic N) is 1. The Kier molecular flexibility index (Phi) is 3.39. The van der Waals surface area contributed by atoms with E-state index in [1.807, 2.05) is 6.07 Å². The number of ether oxygens (including phenoxy) is 1. The Morgan fingerprint density at radius 3 is 3.06 bits per heavy atom. The van der Waals surface area contributed by atoms with Crippen LogP contribution in [0.3, 0.4) is 0 Å². The highest BCUT2D eigenvalue weighted by atomic mass is 32.1. The zero-order valence-electron chi connectivity index (χ0n) is 9.21. The molecule has 1 heterocycles. The third-order valence-electron chi connectivity index (χ3n) is 2.14. The molecular weight excluding hydrogens is 238 g/mol. The molecule has 0 aliphatic carbocycles. The number of rotatable bonds is 3. The fraction of sp³-hybridized carbons (Fsp3) is 0.167. The van der Waals surface area contributed by atoms with Gasteiger partial charge in [0.25, 0.3) is 0 Å². The molecule has 1 N–H and O–H groups in total. The molecule has 0 fully saturated rings. The van der Waals surface area contributed by atoms with Gasteiger partial charge in [0.2, 0.25) is 0 Å². The quantitative estimate of drug-likeness (QED) is 0.850. The number of phenolic OH excluding ortho intramolecular Hbond substituents is 1. The largest absolute Gasteiger partial charge is 0.508 e. The van der Waals surface area contributed by atoms with Crippen LogP contribution in [-0.4, -0.2) is 22.7 Å². The minimum Gasteiger partial charge on any atom is -0.508 e. The smallest absolute Gasteiger partial charge is 0.358 e. The van der Waals surface area contributed by atoms with Crippen LogP contribution in [0, 0.1) is 0 Å². The molecule has 5 heteroatoms. The third kappa shape index (κ3) is 2.45. The normalized spacial score (nSPS) is 10.2. The molecule has 0 atom stereocenters. The minimum absolute atomic E-state index is 0.158. The van der Waals surface area contributed by atoms with Crippen molar-refractivity contribution in [1.29, 1.82) is 0 Å². The van der Waals surface area contributed by atoms with Gasteiger partial charge in [0.05, 0.1) is 17.0 Å². The number of hydrogen-bond donors (Lipinski definition) is 1. The lowest BCUT2D eigenvalue weighted by atomic mass is 10.1. The molecule has 0 saturated carbocycles. The average Bonchev–Trinajstić information content (AvgIpc) is 2.78. The van der Waals surface area contributed by atoms with E-state index in [-0.39, 0.29) is 5.75 Å². The maximum atomic E-state index is 11.6. The van der Waals surface area contributed by atoms with Crippen LogP contribution < -0.4 is 0 Å². The monoisotopic (exact) mass is 249 g/mol. The first-order chi connectivity index (χ1) is 8.22. The van der Waals surface area contributed by atoms with E-state index in [4.69, 9.17) is 4.74 Å². The number of phenols is 1. The van der Waals surface area contributed by atoms with Crippen molar-refractivity contribution >= 4 is 17.3 Å². The maximum absolute atomic E-state index is 11.6. The highest BCUT2D eigenvalue weighted by Gasteiger charge is 2.17. The van der Waals surface area contributed by atoms with Crippen LogP contribution in [0.15, 0.2) is 29.8 Å². The van der Waals surface area contributed by atoms with Crippen LogP contribution in [0.4, 0.5) is 0 Å². The molecule has 4 nitrogen and oxygen atoms in total. The molecule has 2 aromatic rings. The Bertz CT molecular complexity index is 536. The van der Waals surface area contributed by atoms with Gasteiger partial charge >= 0.3 is 5.97 Å². The summed E-state index contributed by atoms with van der Waals surface area (Å²) in [6.45, 7) is 2.06. The van der Waals surface area contributed by atoms with Crippen molar-refractivity contribution < 1.29 is 14.6 Å². The summed E-state index contributed by atoms with van der Waals surface area (Å²) in [4.78, 5) is 16.4. The molecule has 2 rings (SSSR count). The van der Waals surface area contributed by atoms with E-state index < -0.39 is 5.97 Å². The van der Waals surface area contributed by atoms with E-state index in [0.29, 0.717) is 17.2 Å². The van der Waals surface area contributed by atoms with Gasteiger partial charge in [-0.05, 0) is 24.6 Å². The van der Waals surface area contributed by atoms with Crippen LogP contribution in [0.1, 0.15) is 17.4 Å². The molecule has 0 aliphatic rings. The van der Waals surface area contributed by atoms with Crippen molar-refractivity contribution in [2.24, 2.45) is 0 Å². The molecular formula is C12H11NO3S. The van der Waals surface area contributed by atoms with E-state index in [0.717, 1.165) is 5.56 Å². The predicted octanol–water partition coefficient (Wildman–Crippen LogP) is 2.69. The Balaban J connectivity index is 2.40. The van der Waals surface area contributed by atoms with Gasteiger partial charge in [-0.3, -0.25) is 0 Å². The summed E-state index contributed by atoms with van der Waals surface area (Å²) in [7, 11) is 0. The molecule has 0 saturated heterocycles.